The number of ether oxygens (including phenoxy) is 3. The van der Waals surface area contributed by atoms with Crippen LogP contribution in [0.5, 0.6) is 0 Å². The van der Waals surface area contributed by atoms with Crippen LogP contribution < -0.4 is 0 Å². The van der Waals surface area contributed by atoms with Crippen LogP contribution in [0.3, 0.4) is 0 Å². The second-order valence-electron chi connectivity index (χ2n) is 13.3. The minimum Gasteiger partial charge on any atom is -0.463 e. The summed E-state index contributed by atoms with van der Waals surface area (Å²) in [5.41, 5.74) is 0.560. The Kier molecular flexibility index (Phi) is 5.18. The molecule has 3 saturated carbocycles. The maximum atomic E-state index is 11.5. The number of allylic oxidation sites excluding steroid dienone is 2. The second-order valence-corrected chi connectivity index (χ2v) is 13.3. The van der Waals surface area contributed by atoms with Crippen LogP contribution in [-0.4, -0.2) is 30.6 Å². The maximum Gasteiger partial charge on any atom is 0.302 e. The van der Waals surface area contributed by atoms with Crippen LogP contribution in [0, 0.1) is 52.3 Å². The van der Waals surface area contributed by atoms with Crippen molar-refractivity contribution in [1.82, 2.24) is 0 Å². The van der Waals surface area contributed by atoms with Gasteiger partial charge in [0.15, 0.2) is 5.79 Å². The fourth-order valence-electron chi connectivity index (χ4n) is 9.92. The van der Waals surface area contributed by atoms with E-state index in [4.69, 9.17) is 14.2 Å². The Balaban J connectivity index is 1.25. The molecule has 4 aliphatic carbocycles. The molecule has 0 aromatic rings. The van der Waals surface area contributed by atoms with Gasteiger partial charge in [-0.1, -0.05) is 39.8 Å². The summed E-state index contributed by atoms with van der Waals surface area (Å²) in [5, 5.41) is 0. The van der Waals surface area contributed by atoms with Crippen LogP contribution in [0.4, 0.5) is 0 Å². The molecular weight excluding hydrogens is 412 g/mol. The average molecular weight is 457 g/mol. The van der Waals surface area contributed by atoms with Gasteiger partial charge in [-0.05, 0) is 85.4 Å². The van der Waals surface area contributed by atoms with Crippen molar-refractivity contribution in [3.05, 3.63) is 12.2 Å². The van der Waals surface area contributed by atoms with Gasteiger partial charge in [0.2, 0.25) is 0 Å². The summed E-state index contributed by atoms with van der Waals surface area (Å²) < 4.78 is 19.0. The molecule has 2 saturated heterocycles. The molecule has 184 valence electrons. The quantitative estimate of drug-likeness (QED) is 0.351. The summed E-state index contributed by atoms with van der Waals surface area (Å²) in [5.74, 6) is 4.02. The predicted octanol–water partition coefficient (Wildman–Crippen LogP) is 6.14. The number of carbonyl (C=O) groups is 1. The third-order valence-corrected chi connectivity index (χ3v) is 11.7. The zero-order valence-corrected chi connectivity index (χ0v) is 21.3. The van der Waals surface area contributed by atoms with Crippen LogP contribution in [0.25, 0.3) is 0 Å². The molecule has 0 N–H and O–H groups in total. The molecule has 2 heterocycles. The first kappa shape index (κ1) is 22.6. The molecule has 33 heavy (non-hydrogen) atoms. The van der Waals surface area contributed by atoms with Crippen molar-refractivity contribution in [3.63, 3.8) is 0 Å². The first-order valence-electron chi connectivity index (χ1n) is 13.8. The molecule has 6 aliphatic rings. The van der Waals surface area contributed by atoms with Crippen LogP contribution in [-0.2, 0) is 19.0 Å². The molecule has 4 heteroatoms. The van der Waals surface area contributed by atoms with Crippen molar-refractivity contribution in [2.75, 3.05) is 6.61 Å². The monoisotopic (exact) mass is 456 g/mol. The average Bonchev–Trinajstić information content (AvgIpc) is 3.21. The normalized spacial score (nSPS) is 57.2. The van der Waals surface area contributed by atoms with E-state index >= 15 is 0 Å². The number of hydrogen-bond acceptors (Lipinski definition) is 4. The van der Waals surface area contributed by atoms with E-state index in [-0.39, 0.29) is 23.3 Å². The fourth-order valence-corrected chi connectivity index (χ4v) is 9.92. The summed E-state index contributed by atoms with van der Waals surface area (Å²) in [7, 11) is 0. The Hall–Kier alpha value is -0.870. The first-order valence-corrected chi connectivity index (χ1v) is 13.8. The van der Waals surface area contributed by atoms with Crippen molar-refractivity contribution in [1.29, 1.82) is 0 Å². The standard InChI is InChI=1S/C29H44O4/c1-17-8-13-29(31-16-17)18(2)26-25(33-29)15-24-22-7-6-20-14-21(32-19(3)30)9-11-27(20,4)23(22)10-12-28(24,26)5/h10,12,17-18,20-26H,6-9,11,13-16H2,1-5H3/t17-,18-,20-,21-,22+,23-,24-,25+,26-,27-,28-,29+/m0/s1. The van der Waals surface area contributed by atoms with E-state index in [1.807, 2.05) is 0 Å². The zero-order chi connectivity index (χ0) is 23.2. The molecule has 12 atom stereocenters. The van der Waals surface area contributed by atoms with Crippen molar-refractivity contribution in [3.8, 4) is 0 Å². The van der Waals surface area contributed by atoms with Crippen molar-refractivity contribution in [2.24, 2.45) is 52.3 Å². The first-order chi connectivity index (χ1) is 15.7. The van der Waals surface area contributed by atoms with Gasteiger partial charge < -0.3 is 14.2 Å². The van der Waals surface area contributed by atoms with Gasteiger partial charge in [-0.25, -0.2) is 0 Å². The Morgan fingerprint density at radius 3 is 2.61 bits per heavy atom. The summed E-state index contributed by atoms with van der Waals surface area (Å²) in [6.07, 6.45) is 15.1. The number of carbonyl (C=O) groups excluding carboxylic acids is 1. The SMILES string of the molecule is CC(=O)O[C@H]1CC[C@@]2(C)[C@@H](CC[C@H]3[C@@H]4C[C@H]5O[C@]6(CC[C@H](C)CO6)[C@@H](C)[C@@H]5[C@@]4(C)C=C[C@@H]32)C1. The largest absolute Gasteiger partial charge is 0.463 e. The lowest BCUT2D eigenvalue weighted by Crippen LogP contribution is -2.53. The van der Waals surface area contributed by atoms with Gasteiger partial charge in [-0.15, -0.1) is 0 Å². The number of fused-ring (bicyclic) bond motifs is 7. The number of esters is 1. The Labute approximate surface area is 200 Å². The van der Waals surface area contributed by atoms with Gasteiger partial charge >= 0.3 is 5.97 Å². The van der Waals surface area contributed by atoms with Gasteiger partial charge in [-0.3, -0.25) is 4.79 Å². The van der Waals surface area contributed by atoms with Crippen molar-refractivity contribution >= 4 is 5.97 Å². The second kappa shape index (κ2) is 7.56. The van der Waals surface area contributed by atoms with Gasteiger partial charge in [0, 0.05) is 25.2 Å². The van der Waals surface area contributed by atoms with E-state index in [9.17, 15) is 4.79 Å². The van der Waals surface area contributed by atoms with Crippen LogP contribution >= 0.6 is 0 Å². The smallest absolute Gasteiger partial charge is 0.302 e. The maximum absolute atomic E-state index is 11.5. The molecule has 0 amide bonds. The van der Waals surface area contributed by atoms with E-state index in [1.165, 1.54) is 32.1 Å². The molecular formula is C29H44O4. The molecule has 4 nitrogen and oxygen atoms in total. The molecule has 0 aromatic heterocycles. The van der Waals surface area contributed by atoms with E-state index in [0.717, 1.165) is 31.8 Å². The van der Waals surface area contributed by atoms with Crippen LogP contribution in [0.15, 0.2) is 12.2 Å². The van der Waals surface area contributed by atoms with E-state index in [1.54, 1.807) is 6.92 Å². The molecule has 0 radical (unpaired) electrons. The fraction of sp³-hybridized carbons (Fsp3) is 0.897. The molecule has 0 aromatic carbocycles. The predicted molar refractivity (Wildman–Crippen MR) is 127 cm³/mol. The third kappa shape index (κ3) is 3.18. The lowest BCUT2D eigenvalue weighted by molar-refractivity contribution is -0.272. The van der Waals surface area contributed by atoms with Crippen LogP contribution in [0.1, 0.15) is 86.0 Å². The van der Waals surface area contributed by atoms with Gasteiger partial charge in [0.1, 0.15) is 6.10 Å². The van der Waals surface area contributed by atoms with Crippen molar-refractivity contribution < 1.29 is 19.0 Å². The Morgan fingerprint density at radius 1 is 1.06 bits per heavy atom. The highest BCUT2D eigenvalue weighted by molar-refractivity contribution is 5.66. The topological polar surface area (TPSA) is 44.8 Å². The van der Waals surface area contributed by atoms with E-state index < -0.39 is 0 Å². The van der Waals surface area contributed by atoms with E-state index in [0.29, 0.717) is 47.0 Å². The van der Waals surface area contributed by atoms with Crippen molar-refractivity contribution in [2.45, 2.75) is 104 Å². The highest BCUT2D eigenvalue weighted by Gasteiger charge is 2.68. The molecule has 6 rings (SSSR count). The lowest BCUT2D eigenvalue weighted by Gasteiger charge is -2.59. The summed E-state index contributed by atoms with van der Waals surface area (Å²) in [6, 6.07) is 0. The minimum absolute atomic E-state index is 0.119. The van der Waals surface area contributed by atoms with Gasteiger partial charge in [0.25, 0.3) is 0 Å². The van der Waals surface area contributed by atoms with Gasteiger partial charge in [-0.2, -0.15) is 0 Å². The third-order valence-electron chi connectivity index (χ3n) is 11.7. The summed E-state index contributed by atoms with van der Waals surface area (Å²) in [6.45, 7) is 12.2. The van der Waals surface area contributed by atoms with Gasteiger partial charge in [0.05, 0.1) is 12.7 Å². The molecule has 0 bridgehead atoms. The number of hydrogen-bond donors (Lipinski definition) is 0. The zero-order valence-electron chi connectivity index (χ0n) is 21.3. The highest BCUT2D eigenvalue weighted by atomic mass is 16.7. The summed E-state index contributed by atoms with van der Waals surface area (Å²) >= 11 is 0. The molecule has 5 fully saturated rings. The summed E-state index contributed by atoms with van der Waals surface area (Å²) in [4.78, 5) is 11.5. The molecule has 2 aliphatic heterocycles. The Morgan fingerprint density at radius 2 is 1.88 bits per heavy atom. The Bertz CT molecular complexity index is 827. The highest BCUT2D eigenvalue weighted by Crippen LogP contribution is 2.69. The van der Waals surface area contributed by atoms with E-state index in [2.05, 4.69) is 39.8 Å². The molecule has 1 spiro atoms. The lowest BCUT2D eigenvalue weighted by atomic mass is 9.46. The molecule has 0 unspecified atom stereocenters. The minimum atomic E-state index is -0.334. The number of rotatable bonds is 1. The van der Waals surface area contributed by atoms with Crippen LogP contribution in [0.2, 0.25) is 0 Å².